The Kier molecular flexibility index (Phi) is 8.97. The van der Waals surface area contributed by atoms with Crippen molar-refractivity contribution in [3.63, 3.8) is 0 Å². The van der Waals surface area contributed by atoms with E-state index in [1.54, 1.807) is 40.9 Å². The van der Waals surface area contributed by atoms with Crippen LogP contribution < -0.4 is 9.80 Å². The van der Waals surface area contributed by atoms with E-state index in [-0.39, 0.29) is 25.6 Å². The number of cyclic esters (lactones) is 1. The lowest BCUT2D eigenvalue weighted by atomic mass is 9.82. The maximum atomic E-state index is 13.7. The van der Waals surface area contributed by atoms with Gasteiger partial charge in [-0.15, -0.1) is 5.10 Å². The van der Waals surface area contributed by atoms with E-state index in [2.05, 4.69) is 10.3 Å². The molecule has 210 valence electrons. The number of carbonyl (C=O) groups is 3. The molecule has 2 aromatic rings. The van der Waals surface area contributed by atoms with Gasteiger partial charge in [-0.2, -0.15) is 0 Å². The van der Waals surface area contributed by atoms with E-state index >= 15 is 0 Å². The summed E-state index contributed by atoms with van der Waals surface area (Å²) in [7, 11) is 1.34. The van der Waals surface area contributed by atoms with Gasteiger partial charge in [-0.25, -0.2) is 4.79 Å². The summed E-state index contributed by atoms with van der Waals surface area (Å²) in [5.41, 5.74) is 0.434. The second-order valence-corrected chi connectivity index (χ2v) is 9.68. The zero-order valence-corrected chi connectivity index (χ0v) is 22.3. The highest BCUT2D eigenvalue weighted by Crippen LogP contribution is 2.47. The predicted octanol–water partition coefficient (Wildman–Crippen LogP) is 1.93. The SMILES string of the molecule is COC(=O)CCCCN1C(=O)[C@](O)([C@H](C)/C=C/CCn2cc(CCO)nn2)c2cc(N3CCOC3=O)ccc21. The van der Waals surface area contributed by atoms with Crippen LogP contribution in [0.1, 0.15) is 43.9 Å². The van der Waals surface area contributed by atoms with Crippen LogP contribution in [0.3, 0.4) is 0 Å². The van der Waals surface area contributed by atoms with E-state index < -0.39 is 23.5 Å². The predicted molar refractivity (Wildman–Crippen MR) is 141 cm³/mol. The van der Waals surface area contributed by atoms with Gasteiger partial charge in [0.05, 0.1) is 25.0 Å². The molecule has 12 heteroatoms. The van der Waals surface area contributed by atoms with Crippen molar-refractivity contribution in [3.8, 4) is 0 Å². The topological polar surface area (TPSA) is 147 Å². The van der Waals surface area contributed by atoms with E-state index in [0.717, 1.165) is 0 Å². The monoisotopic (exact) mass is 541 g/mol. The van der Waals surface area contributed by atoms with Crippen molar-refractivity contribution in [2.45, 2.75) is 51.2 Å². The average molecular weight is 542 g/mol. The van der Waals surface area contributed by atoms with Crippen molar-refractivity contribution in [1.29, 1.82) is 0 Å². The molecule has 0 aliphatic carbocycles. The zero-order chi connectivity index (χ0) is 28.0. The molecular weight excluding hydrogens is 506 g/mol. The molecule has 2 atom stereocenters. The summed E-state index contributed by atoms with van der Waals surface area (Å²) in [5.74, 6) is -1.33. The van der Waals surface area contributed by atoms with E-state index in [4.69, 9.17) is 14.6 Å². The molecule has 0 bridgehead atoms. The molecule has 2 N–H and O–H groups in total. The minimum absolute atomic E-state index is 0.00710. The van der Waals surface area contributed by atoms with Crippen molar-refractivity contribution < 1.29 is 34.1 Å². The third-order valence-corrected chi connectivity index (χ3v) is 7.13. The van der Waals surface area contributed by atoms with Crippen molar-refractivity contribution in [2.75, 3.05) is 43.2 Å². The standard InChI is InChI=1S/C27H35N5O7/c1-19(7-3-5-12-30-18-20(11-15-33)28-29-30)27(37)22-17-21(31-14-16-39-26(31)36)9-10-23(22)32(25(27)35)13-6-4-8-24(34)38-2/h3,7,9-10,17-19,33,37H,4-6,8,11-16H2,1-2H3/b7-3+/t19-,27+/m1/s1. The number of allylic oxidation sites excluding steroid dienone is 1. The number of carbonyl (C=O) groups excluding carboxylic acids is 3. The highest BCUT2D eigenvalue weighted by Gasteiger charge is 2.52. The molecule has 4 rings (SSSR count). The number of rotatable bonds is 13. The Morgan fingerprint density at radius 3 is 2.82 bits per heavy atom. The van der Waals surface area contributed by atoms with Crippen LogP contribution in [0.5, 0.6) is 0 Å². The van der Waals surface area contributed by atoms with Crippen LogP contribution in [-0.2, 0) is 37.6 Å². The van der Waals surface area contributed by atoms with Crippen LogP contribution in [0.15, 0.2) is 36.5 Å². The van der Waals surface area contributed by atoms with Crippen molar-refractivity contribution in [3.05, 3.63) is 47.8 Å². The fraction of sp³-hybridized carbons (Fsp3) is 0.519. The van der Waals surface area contributed by atoms with Gasteiger partial charge in [-0.1, -0.05) is 24.3 Å². The van der Waals surface area contributed by atoms with Crippen LogP contribution >= 0.6 is 0 Å². The minimum atomic E-state index is -1.84. The van der Waals surface area contributed by atoms with E-state index in [9.17, 15) is 19.5 Å². The van der Waals surface area contributed by atoms with Gasteiger partial charge in [0.25, 0.3) is 5.91 Å². The Bertz CT molecular complexity index is 1230. The first-order chi connectivity index (χ1) is 18.8. The summed E-state index contributed by atoms with van der Waals surface area (Å²) in [5, 5.41) is 29.0. The second-order valence-electron chi connectivity index (χ2n) is 9.68. The second kappa shape index (κ2) is 12.4. The van der Waals surface area contributed by atoms with Crippen LogP contribution in [0.25, 0.3) is 0 Å². The maximum absolute atomic E-state index is 13.7. The lowest BCUT2D eigenvalue weighted by Crippen LogP contribution is -2.44. The molecule has 0 radical (unpaired) electrons. The molecular formula is C27H35N5O7. The number of aliphatic hydroxyl groups excluding tert-OH is 1. The normalized spacial score (nSPS) is 19.6. The molecule has 2 aliphatic heterocycles. The van der Waals surface area contributed by atoms with Gasteiger partial charge in [0.2, 0.25) is 0 Å². The average Bonchev–Trinajstić information content (AvgIpc) is 3.63. The highest BCUT2D eigenvalue weighted by atomic mass is 16.6. The fourth-order valence-electron chi connectivity index (χ4n) is 4.92. The third-order valence-electron chi connectivity index (χ3n) is 7.13. The van der Waals surface area contributed by atoms with Gasteiger partial charge in [0.1, 0.15) is 6.61 Å². The van der Waals surface area contributed by atoms with Crippen molar-refractivity contribution >= 4 is 29.3 Å². The number of aromatic nitrogens is 3. The largest absolute Gasteiger partial charge is 0.469 e. The number of esters is 1. The molecule has 1 fully saturated rings. The lowest BCUT2D eigenvalue weighted by Gasteiger charge is -2.28. The van der Waals surface area contributed by atoms with Gasteiger partial charge in [-0.05, 0) is 37.5 Å². The lowest BCUT2D eigenvalue weighted by molar-refractivity contribution is -0.140. The van der Waals surface area contributed by atoms with Crippen molar-refractivity contribution in [1.82, 2.24) is 15.0 Å². The number of aliphatic hydroxyl groups is 2. The molecule has 1 aromatic carbocycles. The van der Waals surface area contributed by atoms with Gasteiger partial charge >= 0.3 is 12.1 Å². The molecule has 39 heavy (non-hydrogen) atoms. The first-order valence-electron chi connectivity index (χ1n) is 13.2. The maximum Gasteiger partial charge on any atom is 0.414 e. The number of anilines is 2. The Balaban J connectivity index is 1.53. The molecule has 12 nitrogen and oxygen atoms in total. The number of hydrogen-bond acceptors (Lipinski definition) is 9. The van der Waals surface area contributed by atoms with Gasteiger partial charge in [0.15, 0.2) is 5.60 Å². The van der Waals surface area contributed by atoms with Gasteiger partial charge < -0.3 is 24.6 Å². The number of unbranched alkanes of at least 4 members (excludes halogenated alkanes) is 1. The summed E-state index contributed by atoms with van der Waals surface area (Å²) in [4.78, 5) is 40.4. The molecule has 2 amide bonds. The van der Waals surface area contributed by atoms with Crippen LogP contribution in [0, 0.1) is 5.92 Å². The van der Waals surface area contributed by atoms with E-state index in [0.29, 0.717) is 67.9 Å². The number of amides is 2. The summed E-state index contributed by atoms with van der Waals surface area (Å²) in [6, 6.07) is 5.18. The quantitative estimate of drug-likeness (QED) is 0.220. The number of methoxy groups -OCH3 is 1. The molecule has 2 aliphatic rings. The van der Waals surface area contributed by atoms with Crippen LogP contribution in [0.2, 0.25) is 0 Å². The number of fused-ring (bicyclic) bond motifs is 1. The third kappa shape index (κ3) is 5.96. The summed E-state index contributed by atoms with van der Waals surface area (Å²) < 4.78 is 11.4. The van der Waals surface area contributed by atoms with Crippen LogP contribution in [0.4, 0.5) is 16.2 Å². The number of nitrogens with zero attached hydrogens (tertiary/aromatic N) is 5. The van der Waals surface area contributed by atoms with E-state index in [1.807, 2.05) is 12.2 Å². The Labute approximate surface area is 226 Å². The zero-order valence-electron chi connectivity index (χ0n) is 22.3. The van der Waals surface area contributed by atoms with E-state index in [1.165, 1.54) is 12.0 Å². The molecule has 0 unspecified atom stereocenters. The molecule has 3 heterocycles. The summed E-state index contributed by atoms with van der Waals surface area (Å²) in [6.45, 7) is 3.34. The molecule has 0 spiro atoms. The number of ether oxygens (including phenoxy) is 2. The fourth-order valence-corrected chi connectivity index (χ4v) is 4.92. The summed E-state index contributed by atoms with van der Waals surface area (Å²) in [6.07, 6.45) is 7.40. The number of benzene rings is 1. The Hall–Kier alpha value is -3.77. The van der Waals surface area contributed by atoms with Crippen molar-refractivity contribution in [2.24, 2.45) is 5.92 Å². The summed E-state index contributed by atoms with van der Waals surface area (Å²) >= 11 is 0. The Morgan fingerprint density at radius 1 is 1.28 bits per heavy atom. The van der Waals surface area contributed by atoms with Gasteiger partial charge in [-0.3, -0.25) is 19.2 Å². The van der Waals surface area contributed by atoms with Gasteiger partial charge in [0, 0.05) is 55.9 Å². The molecule has 1 saturated heterocycles. The first-order valence-corrected chi connectivity index (χ1v) is 13.2. The minimum Gasteiger partial charge on any atom is -0.469 e. The van der Waals surface area contributed by atoms with Crippen LogP contribution in [-0.4, -0.2) is 76.6 Å². The smallest absolute Gasteiger partial charge is 0.414 e. The molecule has 1 aromatic heterocycles. The number of aryl methyl sites for hydroxylation is 1. The molecule has 0 saturated carbocycles. The number of hydrogen-bond donors (Lipinski definition) is 2. The first kappa shape index (κ1) is 28.2. The highest BCUT2D eigenvalue weighted by molar-refractivity contribution is 6.08. The Morgan fingerprint density at radius 2 is 2.10 bits per heavy atom.